The lowest BCUT2D eigenvalue weighted by molar-refractivity contribution is 0.103. The van der Waals surface area contributed by atoms with E-state index in [4.69, 9.17) is 16.3 Å². The second-order valence-electron chi connectivity index (χ2n) is 4.80. The molecule has 0 atom stereocenters. The van der Waals surface area contributed by atoms with Crippen LogP contribution in [0.25, 0.3) is 0 Å². The van der Waals surface area contributed by atoms with Gasteiger partial charge in [0.1, 0.15) is 11.6 Å². The third kappa shape index (κ3) is 2.83. The molecule has 2 aromatic carbocycles. The van der Waals surface area contributed by atoms with Crippen LogP contribution < -0.4 is 4.74 Å². The van der Waals surface area contributed by atoms with E-state index in [1.807, 2.05) is 6.07 Å². The molecule has 1 saturated carbocycles. The van der Waals surface area contributed by atoms with E-state index in [1.165, 1.54) is 12.1 Å². The van der Waals surface area contributed by atoms with E-state index >= 15 is 0 Å². The number of benzene rings is 2. The fourth-order valence-corrected chi connectivity index (χ4v) is 2.01. The second-order valence-corrected chi connectivity index (χ2v) is 5.21. The van der Waals surface area contributed by atoms with Gasteiger partial charge in [0.2, 0.25) is 0 Å². The first kappa shape index (κ1) is 13.1. The Morgan fingerprint density at radius 1 is 1.15 bits per heavy atom. The maximum absolute atomic E-state index is 13.4. The summed E-state index contributed by atoms with van der Waals surface area (Å²) < 4.78 is 19.1. The standard InChI is InChI=1S/C16H12ClFO2/c17-14-7-4-11(9-15(14)18)16(19)10-2-1-3-13(8-10)20-12-5-6-12/h1-4,7-9,12H,5-6H2. The highest BCUT2D eigenvalue weighted by molar-refractivity contribution is 6.30. The van der Waals surface area contributed by atoms with Crippen molar-refractivity contribution < 1.29 is 13.9 Å². The van der Waals surface area contributed by atoms with Crippen molar-refractivity contribution in [2.75, 3.05) is 0 Å². The molecule has 0 unspecified atom stereocenters. The van der Waals surface area contributed by atoms with Gasteiger partial charge in [0, 0.05) is 11.1 Å². The monoisotopic (exact) mass is 290 g/mol. The zero-order chi connectivity index (χ0) is 14.1. The summed E-state index contributed by atoms with van der Waals surface area (Å²) in [6.07, 6.45) is 2.38. The van der Waals surface area contributed by atoms with Crippen molar-refractivity contribution in [1.29, 1.82) is 0 Å². The number of hydrogen-bond donors (Lipinski definition) is 0. The number of rotatable bonds is 4. The normalized spacial score (nSPS) is 14.1. The average molecular weight is 291 g/mol. The van der Waals surface area contributed by atoms with Gasteiger partial charge in [-0.15, -0.1) is 0 Å². The van der Waals surface area contributed by atoms with E-state index in [9.17, 15) is 9.18 Å². The fourth-order valence-electron chi connectivity index (χ4n) is 1.89. The van der Waals surface area contributed by atoms with Crippen molar-refractivity contribution in [2.24, 2.45) is 0 Å². The van der Waals surface area contributed by atoms with Crippen LogP contribution in [-0.2, 0) is 0 Å². The van der Waals surface area contributed by atoms with E-state index in [0.29, 0.717) is 11.3 Å². The summed E-state index contributed by atoms with van der Waals surface area (Å²) in [5, 5.41) is 0.00682. The van der Waals surface area contributed by atoms with Crippen LogP contribution in [0.3, 0.4) is 0 Å². The Morgan fingerprint density at radius 2 is 1.90 bits per heavy atom. The van der Waals surface area contributed by atoms with Gasteiger partial charge in [0.05, 0.1) is 11.1 Å². The zero-order valence-corrected chi connectivity index (χ0v) is 11.4. The molecule has 0 aromatic heterocycles. The molecule has 0 spiro atoms. The zero-order valence-electron chi connectivity index (χ0n) is 10.6. The molecule has 2 nitrogen and oxygen atoms in total. The molecule has 3 rings (SSSR count). The van der Waals surface area contributed by atoms with Crippen molar-refractivity contribution in [3.05, 3.63) is 64.4 Å². The van der Waals surface area contributed by atoms with E-state index < -0.39 is 5.82 Å². The lowest BCUT2D eigenvalue weighted by Gasteiger charge is -2.07. The maximum Gasteiger partial charge on any atom is 0.193 e. The van der Waals surface area contributed by atoms with Crippen LogP contribution in [-0.4, -0.2) is 11.9 Å². The Morgan fingerprint density at radius 3 is 2.60 bits per heavy atom. The van der Waals surface area contributed by atoms with Crippen molar-refractivity contribution >= 4 is 17.4 Å². The van der Waals surface area contributed by atoms with Gasteiger partial charge < -0.3 is 4.74 Å². The molecule has 1 aliphatic rings. The Labute approximate surface area is 121 Å². The molecule has 1 aliphatic carbocycles. The highest BCUT2D eigenvalue weighted by Gasteiger charge is 2.23. The van der Waals surface area contributed by atoms with E-state index in [0.717, 1.165) is 18.9 Å². The van der Waals surface area contributed by atoms with Gasteiger partial charge >= 0.3 is 0 Å². The minimum Gasteiger partial charge on any atom is -0.490 e. The van der Waals surface area contributed by atoms with E-state index in [1.54, 1.807) is 18.2 Å². The number of ketones is 1. The van der Waals surface area contributed by atoms with Crippen molar-refractivity contribution in [3.63, 3.8) is 0 Å². The molecular weight excluding hydrogens is 279 g/mol. The predicted molar refractivity (Wildman–Crippen MR) is 74.9 cm³/mol. The average Bonchev–Trinajstić information content (AvgIpc) is 3.25. The molecular formula is C16H12ClFO2. The van der Waals surface area contributed by atoms with Crippen molar-refractivity contribution in [3.8, 4) is 5.75 Å². The second kappa shape index (κ2) is 5.25. The first-order valence-electron chi connectivity index (χ1n) is 6.40. The summed E-state index contributed by atoms with van der Waals surface area (Å²) in [6.45, 7) is 0. The van der Waals surface area contributed by atoms with Crippen molar-refractivity contribution in [2.45, 2.75) is 18.9 Å². The van der Waals surface area contributed by atoms with Crippen LogP contribution in [0.5, 0.6) is 5.75 Å². The summed E-state index contributed by atoms with van der Waals surface area (Å²) in [5.41, 5.74) is 0.750. The van der Waals surface area contributed by atoms with Gasteiger partial charge in [-0.1, -0.05) is 23.7 Å². The van der Waals surface area contributed by atoms with Gasteiger partial charge in [-0.2, -0.15) is 0 Å². The topological polar surface area (TPSA) is 26.3 Å². The van der Waals surface area contributed by atoms with Gasteiger partial charge in [-0.3, -0.25) is 4.79 Å². The molecule has 1 fully saturated rings. The quantitative estimate of drug-likeness (QED) is 0.787. The van der Waals surface area contributed by atoms with Crippen LogP contribution in [0, 0.1) is 5.82 Å². The molecule has 20 heavy (non-hydrogen) atoms. The first-order valence-corrected chi connectivity index (χ1v) is 6.78. The third-order valence-electron chi connectivity index (χ3n) is 3.11. The summed E-state index contributed by atoms with van der Waals surface area (Å²) in [6, 6.07) is 11.0. The van der Waals surface area contributed by atoms with Gasteiger partial charge in [0.25, 0.3) is 0 Å². The van der Waals surface area contributed by atoms with Gasteiger partial charge in [-0.25, -0.2) is 4.39 Å². The molecule has 0 heterocycles. The molecule has 0 radical (unpaired) electrons. The number of halogens is 2. The number of ether oxygens (including phenoxy) is 1. The molecule has 102 valence electrons. The summed E-state index contributed by atoms with van der Waals surface area (Å²) in [4.78, 5) is 12.3. The first-order chi connectivity index (χ1) is 9.63. The molecule has 0 N–H and O–H groups in total. The number of carbonyl (C=O) groups excluding carboxylic acids is 1. The number of hydrogen-bond acceptors (Lipinski definition) is 2. The molecule has 0 aliphatic heterocycles. The lowest BCUT2D eigenvalue weighted by Crippen LogP contribution is -2.03. The van der Waals surface area contributed by atoms with E-state index in [2.05, 4.69) is 0 Å². The largest absolute Gasteiger partial charge is 0.490 e. The van der Waals surface area contributed by atoms with E-state index in [-0.39, 0.29) is 22.5 Å². The highest BCUT2D eigenvalue weighted by Crippen LogP contribution is 2.27. The Balaban J connectivity index is 1.86. The van der Waals surface area contributed by atoms with Crippen LogP contribution >= 0.6 is 11.6 Å². The van der Waals surface area contributed by atoms with Crippen LogP contribution in [0.2, 0.25) is 5.02 Å². The summed E-state index contributed by atoms with van der Waals surface area (Å²) in [7, 11) is 0. The molecule has 4 heteroatoms. The smallest absolute Gasteiger partial charge is 0.193 e. The van der Waals surface area contributed by atoms with Crippen LogP contribution in [0.4, 0.5) is 4.39 Å². The fraction of sp³-hybridized carbons (Fsp3) is 0.188. The molecule has 0 bridgehead atoms. The summed E-state index contributed by atoms with van der Waals surface area (Å²) >= 11 is 5.61. The SMILES string of the molecule is O=C(c1cccc(OC2CC2)c1)c1ccc(Cl)c(F)c1. The predicted octanol–water partition coefficient (Wildman–Crippen LogP) is 4.25. The third-order valence-corrected chi connectivity index (χ3v) is 3.41. The molecule has 0 amide bonds. The van der Waals surface area contributed by atoms with Crippen molar-refractivity contribution in [1.82, 2.24) is 0 Å². The van der Waals surface area contributed by atoms with Crippen LogP contribution in [0.15, 0.2) is 42.5 Å². The Bertz CT molecular complexity index is 665. The van der Waals surface area contributed by atoms with Crippen LogP contribution in [0.1, 0.15) is 28.8 Å². The minimum atomic E-state index is -0.595. The summed E-state index contributed by atoms with van der Waals surface area (Å²) in [5.74, 6) is -0.169. The Hall–Kier alpha value is -1.87. The Kier molecular flexibility index (Phi) is 3.45. The highest BCUT2D eigenvalue weighted by atomic mass is 35.5. The maximum atomic E-state index is 13.4. The molecule has 2 aromatic rings. The molecule has 0 saturated heterocycles. The van der Waals surface area contributed by atoms with Gasteiger partial charge in [0.15, 0.2) is 5.78 Å². The minimum absolute atomic E-state index is 0.00682. The van der Waals surface area contributed by atoms with Gasteiger partial charge in [-0.05, 0) is 43.2 Å². The number of carbonyl (C=O) groups is 1. The lowest BCUT2D eigenvalue weighted by atomic mass is 10.0.